The predicted molar refractivity (Wildman–Crippen MR) is 89.1 cm³/mol. The van der Waals surface area contributed by atoms with Crippen LogP contribution in [0, 0.1) is 11.6 Å². The van der Waals surface area contributed by atoms with Crippen LogP contribution in [0.1, 0.15) is 5.56 Å². The SMILES string of the molecule is O=C(COC(=O)/C=C/c1cccc(Br)c1)Nc1cc(F)ccc1F. The number of esters is 1. The minimum atomic E-state index is -0.786. The van der Waals surface area contributed by atoms with Crippen molar-refractivity contribution >= 4 is 39.6 Å². The lowest BCUT2D eigenvalue weighted by Gasteiger charge is -2.06. The van der Waals surface area contributed by atoms with Gasteiger partial charge in [-0.3, -0.25) is 4.79 Å². The highest BCUT2D eigenvalue weighted by Gasteiger charge is 2.10. The lowest BCUT2D eigenvalue weighted by atomic mass is 10.2. The molecule has 0 atom stereocenters. The van der Waals surface area contributed by atoms with Crippen LogP contribution in [0.5, 0.6) is 0 Å². The highest BCUT2D eigenvalue weighted by Crippen LogP contribution is 2.15. The monoisotopic (exact) mass is 395 g/mol. The van der Waals surface area contributed by atoms with Crippen LogP contribution in [-0.2, 0) is 14.3 Å². The fourth-order valence-corrected chi connectivity index (χ4v) is 2.16. The number of carbonyl (C=O) groups excluding carboxylic acids is 2. The van der Waals surface area contributed by atoms with E-state index in [2.05, 4.69) is 21.2 Å². The van der Waals surface area contributed by atoms with Crippen molar-refractivity contribution in [1.82, 2.24) is 0 Å². The molecule has 0 unspecified atom stereocenters. The number of nitrogens with one attached hydrogen (secondary N) is 1. The molecule has 1 amide bonds. The van der Waals surface area contributed by atoms with E-state index in [4.69, 9.17) is 4.74 Å². The Bertz CT molecular complexity index is 793. The van der Waals surface area contributed by atoms with E-state index in [1.165, 1.54) is 6.08 Å². The molecule has 2 rings (SSSR count). The summed E-state index contributed by atoms with van der Waals surface area (Å²) in [6.07, 6.45) is 2.69. The first-order chi connectivity index (χ1) is 11.4. The van der Waals surface area contributed by atoms with Gasteiger partial charge in [0.25, 0.3) is 5.91 Å². The highest BCUT2D eigenvalue weighted by atomic mass is 79.9. The summed E-state index contributed by atoms with van der Waals surface area (Å²) in [5.41, 5.74) is 0.452. The van der Waals surface area contributed by atoms with Gasteiger partial charge in [0.15, 0.2) is 6.61 Å². The molecule has 0 spiro atoms. The molecule has 0 radical (unpaired) electrons. The van der Waals surface area contributed by atoms with Crippen LogP contribution < -0.4 is 5.32 Å². The third-order valence-corrected chi connectivity index (χ3v) is 3.30. The molecule has 0 bridgehead atoms. The number of anilines is 1. The van der Waals surface area contributed by atoms with Crippen LogP contribution in [-0.4, -0.2) is 18.5 Å². The van der Waals surface area contributed by atoms with Crippen molar-refractivity contribution in [1.29, 1.82) is 0 Å². The molecular formula is C17H12BrF2NO3. The van der Waals surface area contributed by atoms with Gasteiger partial charge < -0.3 is 10.1 Å². The predicted octanol–water partition coefficient (Wildman–Crippen LogP) is 3.92. The van der Waals surface area contributed by atoms with Crippen LogP contribution >= 0.6 is 15.9 Å². The van der Waals surface area contributed by atoms with Crippen molar-refractivity contribution in [2.24, 2.45) is 0 Å². The standard InChI is InChI=1S/C17H12BrF2NO3/c18-12-3-1-2-11(8-12)4-7-17(23)24-10-16(22)21-15-9-13(19)5-6-14(15)20/h1-9H,10H2,(H,21,22)/b7-4+. The maximum absolute atomic E-state index is 13.4. The zero-order valence-corrected chi connectivity index (χ0v) is 13.8. The molecule has 2 aromatic carbocycles. The largest absolute Gasteiger partial charge is 0.452 e. The van der Waals surface area contributed by atoms with Gasteiger partial charge in [0.2, 0.25) is 0 Å². The Hall–Kier alpha value is -2.54. The fourth-order valence-electron chi connectivity index (χ4n) is 1.74. The smallest absolute Gasteiger partial charge is 0.331 e. The Morgan fingerprint density at radius 1 is 1.17 bits per heavy atom. The average Bonchev–Trinajstić information content (AvgIpc) is 2.54. The Kier molecular flexibility index (Phi) is 6.20. The third-order valence-electron chi connectivity index (χ3n) is 2.81. The van der Waals surface area contributed by atoms with E-state index in [1.54, 1.807) is 18.2 Å². The molecule has 4 nitrogen and oxygen atoms in total. The Labute approximate surface area is 145 Å². The molecular weight excluding hydrogens is 384 g/mol. The summed E-state index contributed by atoms with van der Waals surface area (Å²) in [5.74, 6) is -2.99. The summed E-state index contributed by atoms with van der Waals surface area (Å²) in [7, 11) is 0. The van der Waals surface area contributed by atoms with E-state index >= 15 is 0 Å². The summed E-state index contributed by atoms with van der Waals surface area (Å²) in [4.78, 5) is 23.1. The quantitative estimate of drug-likeness (QED) is 0.616. The van der Waals surface area contributed by atoms with Crippen molar-refractivity contribution in [3.63, 3.8) is 0 Å². The molecule has 7 heteroatoms. The number of hydrogen-bond donors (Lipinski definition) is 1. The zero-order chi connectivity index (χ0) is 17.5. The van der Waals surface area contributed by atoms with Crippen molar-refractivity contribution in [3.05, 3.63) is 70.2 Å². The van der Waals surface area contributed by atoms with Crippen molar-refractivity contribution in [2.45, 2.75) is 0 Å². The minimum Gasteiger partial charge on any atom is -0.452 e. The maximum Gasteiger partial charge on any atom is 0.331 e. The summed E-state index contributed by atoms with van der Waals surface area (Å²) in [6.45, 7) is -0.613. The van der Waals surface area contributed by atoms with Crippen LogP contribution in [0.15, 0.2) is 53.0 Å². The third kappa shape index (κ3) is 5.58. The van der Waals surface area contributed by atoms with Gasteiger partial charge in [-0.2, -0.15) is 0 Å². The van der Waals surface area contributed by atoms with E-state index in [0.29, 0.717) is 0 Å². The first kappa shape index (κ1) is 17.8. The van der Waals surface area contributed by atoms with Crippen molar-refractivity contribution in [2.75, 3.05) is 11.9 Å². The number of carbonyl (C=O) groups is 2. The normalized spacial score (nSPS) is 10.6. The van der Waals surface area contributed by atoms with Crippen molar-refractivity contribution in [3.8, 4) is 0 Å². The molecule has 0 aliphatic rings. The molecule has 0 saturated heterocycles. The molecule has 0 saturated carbocycles. The lowest BCUT2D eigenvalue weighted by Crippen LogP contribution is -2.20. The Morgan fingerprint density at radius 3 is 2.71 bits per heavy atom. The van der Waals surface area contributed by atoms with E-state index in [1.807, 2.05) is 6.07 Å². The number of rotatable bonds is 5. The molecule has 124 valence electrons. The van der Waals surface area contributed by atoms with Gasteiger partial charge >= 0.3 is 5.97 Å². The zero-order valence-electron chi connectivity index (χ0n) is 12.3. The van der Waals surface area contributed by atoms with E-state index in [-0.39, 0.29) is 5.69 Å². The van der Waals surface area contributed by atoms with E-state index < -0.39 is 30.1 Å². The van der Waals surface area contributed by atoms with Gasteiger partial charge in [-0.05, 0) is 35.9 Å². The highest BCUT2D eigenvalue weighted by molar-refractivity contribution is 9.10. The molecule has 0 fully saturated rings. The second-order valence-corrected chi connectivity index (χ2v) is 5.58. The van der Waals surface area contributed by atoms with Crippen LogP contribution in [0.4, 0.5) is 14.5 Å². The summed E-state index contributed by atoms with van der Waals surface area (Å²) < 4.78 is 31.9. The molecule has 0 heterocycles. The molecule has 24 heavy (non-hydrogen) atoms. The molecule has 1 N–H and O–H groups in total. The molecule has 0 aliphatic heterocycles. The Balaban J connectivity index is 1.85. The molecule has 0 aliphatic carbocycles. The second-order valence-electron chi connectivity index (χ2n) is 4.67. The fraction of sp³-hybridized carbons (Fsp3) is 0.0588. The summed E-state index contributed by atoms with van der Waals surface area (Å²) in [5, 5.41) is 2.13. The topological polar surface area (TPSA) is 55.4 Å². The first-order valence-electron chi connectivity index (χ1n) is 6.79. The molecule has 2 aromatic rings. The number of benzene rings is 2. The van der Waals surface area contributed by atoms with E-state index in [0.717, 1.165) is 34.3 Å². The van der Waals surface area contributed by atoms with Crippen molar-refractivity contribution < 1.29 is 23.1 Å². The van der Waals surface area contributed by atoms with Gasteiger partial charge in [-0.15, -0.1) is 0 Å². The van der Waals surface area contributed by atoms with Crippen LogP contribution in [0.2, 0.25) is 0 Å². The lowest BCUT2D eigenvalue weighted by molar-refractivity contribution is -0.142. The van der Waals surface area contributed by atoms with Gasteiger partial charge in [-0.1, -0.05) is 28.1 Å². The van der Waals surface area contributed by atoms with Gasteiger partial charge in [0.1, 0.15) is 11.6 Å². The molecule has 0 aromatic heterocycles. The maximum atomic E-state index is 13.4. The summed E-state index contributed by atoms with van der Waals surface area (Å²) in [6, 6.07) is 9.87. The average molecular weight is 396 g/mol. The van der Waals surface area contributed by atoms with Crippen LogP contribution in [0.3, 0.4) is 0 Å². The summed E-state index contributed by atoms with van der Waals surface area (Å²) >= 11 is 3.30. The number of hydrogen-bond acceptors (Lipinski definition) is 3. The minimum absolute atomic E-state index is 0.319. The van der Waals surface area contributed by atoms with Gasteiger partial charge in [-0.25, -0.2) is 13.6 Å². The number of halogens is 3. The first-order valence-corrected chi connectivity index (χ1v) is 7.58. The number of ether oxygens (including phenoxy) is 1. The second kappa shape index (κ2) is 8.35. The Morgan fingerprint density at radius 2 is 1.96 bits per heavy atom. The van der Waals surface area contributed by atoms with Crippen LogP contribution in [0.25, 0.3) is 6.08 Å². The number of amides is 1. The van der Waals surface area contributed by atoms with E-state index in [9.17, 15) is 18.4 Å². The van der Waals surface area contributed by atoms with Gasteiger partial charge in [0, 0.05) is 16.6 Å². The van der Waals surface area contributed by atoms with Gasteiger partial charge in [0.05, 0.1) is 5.69 Å².